The van der Waals surface area contributed by atoms with E-state index in [1.54, 1.807) is 4.90 Å². The Balaban J connectivity index is 0.000001000. The van der Waals surface area contributed by atoms with E-state index in [0.717, 1.165) is 0 Å². The van der Waals surface area contributed by atoms with Crippen LogP contribution in [0.1, 0.15) is 0 Å². The summed E-state index contributed by atoms with van der Waals surface area (Å²) in [6, 6.07) is 0. The van der Waals surface area contributed by atoms with Crippen LogP contribution in [0.2, 0.25) is 0 Å². The van der Waals surface area contributed by atoms with Crippen LogP contribution < -0.4 is 24.0 Å². The van der Waals surface area contributed by atoms with E-state index in [2.05, 4.69) is 0 Å². The predicted octanol–water partition coefficient (Wildman–Crippen LogP) is -4.36. The average molecular weight is 153 g/mol. The van der Waals surface area contributed by atoms with Gasteiger partial charge in [0, 0.05) is 31.5 Å². The van der Waals surface area contributed by atoms with Crippen molar-refractivity contribution in [3.05, 3.63) is 0 Å². The SMILES string of the molecule is O=C([O-])C1CN(CCF)C1.[Li+]. The Morgan fingerprint density at radius 2 is 2.18 bits per heavy atom. The fraction of sp³-hybridized carbons (Fsp3) is 0.833. The summed E-state index contributed by atoms with van der Waals surface area (Å²) < 4.78 is 11.6. The Morgan fingerprint density at radius 1 is 1.64 bits per heavy atom. The van der Waals surface area contributed by atoms with E-state index in [0.29, 0.717) is 19.6 Å². The van der Waals surface area contributed by atoms with Gasteiger partial charge in [0.2, 0.25) is 0 Å². The molecule has 58 valence electrons. The van der Waals surface area contributed by atoms with E-state index < -0.39 is 12.6 Å². The van der Waals surface area contributed by atoms with Crippen molar-refractivity contribution in [2.24, 2.45) is 5.92 Å². The summed E-state index contributed by atoms with van der Waals surface area (Å²) in [5.41, 5.74) is 0. The summed E-state index contributed by atoms with van der Waals surface area (Å²) in [5, 5.41) is 10.1. The maximum Gasteiger partial charge on any atom is 1.00 e. The molecule has 0 aromatic heterocycles. The largest absolute Gasteiger partial charge is 1.00 e. The normalized spacial score (nSPS) is 18.6. The monoisotopic (exact) mass is 153 g/mol. The zero-order chi connectivity index (χ0) is 7.56. The molecule has 0 atom stereocenters. The number of rotatable bonds is 3. The summed E-state index contributed by atoms with van der Waals surface area (Å²) in [6.07, 6.45) is 0. The topological polar surface area (TPSA) is 43.4 Å². The maximum absolute atomic E-state index is 11.6. The number of likely N-dealkylation sites (tertiary alicyclic amines) is 1. The standard InChI is InChI=1S/C6H10FNO2.Li/c7-1-2-8-3-5(4-8)6(9)10;/h5H,1-4H2,(H,9,10);/q;+1/p-1. The van der Waals surface area contributed by atoms with Gasteiger partial charge in [-0.25, -0.2) is 4.39 Å². The van der Waals surface area contributed by atoms with Gasteiger partial charge in [-0.1, -0.05) is 0 Å². The van der Waals surface area contributed by atoms with Crippen molar-refractivity contribution >= 4 is 5.97 Å². The second kappa shape index (κ2) is 4.76. The molecule has 0 spiro atoms. The van der Waals surface area contributed by atoms with E-state index >= 15 is 0 Å². The second-order valence-electron chi connectivity index (χ2n) is 2.46. The van der Waals surface area contributed by atoms with Crippen LogP contribution in [-0.4, -0.2) is 37.2 Å². The van der Waals surface area contributed by atoms with Crippen molar-refractivity contribution in [3.63, 3.8) is 0 Å². The van der Waals surface area contributed by atoms with Gasteiger partial charge in [-0.3, -0.25) is 4.90 Å². The van der Waals surface area contributed by atoms with Crippen molar-refractivity contribution in [3.8, 4) is 0 Å². The van der Waals surface area contributed by atoms with Crippen LogP contribution in [0.3, 0.4) is 0 Å². The molecular weight excluding hydrogens is 144 g/mol. The Kier molecular flexibility index (Phi) is 4.74. The number of carbonyl (C=O) groups excluding carboxylic acids is 1. The van der Waals surface area contributed by atoms with Gasteiger partial charge < -0.3 is 9.90 Å². The summed E-state index contributed by atoms with van der Waals surface area (Å²) in [5.74, 6) is -1.39. The first-order valence-corrected chi connectivity index (χ1v) is 3.23. The van der Waals surface area contributed by atoms with Crippen molar-refractivity contribution in [1.82, 2.24) is 4.90 Å². The maximum atomic E-state index is 11.6. The quantitative estimate of drug-likeness (QED) is 0.385. The number of nitrogens with zero attached hydrogens (tertiary/aromatic N) is 1. The number of aliphatic carboxylic acids is 1. The molecule has 0 unspecified atom stereocenters. The molecule has 1 saturated heterocycles. The van der Waals surface area contributed by atoms with Gasteiger partial charge in [0.25, 0.3) is 0 Å². The number of carboxylic acid groups (broad SMARTS) is 1. The van der Waals surface area contributed by atoms with Gasteiger partial charge in [-0.2, -0.15) is 0 Å². The summed E-state index contributed by atoms with van der Waals surface area (Å²) >= 11 is 0. The van der Waals surface area contributed by atoms with Crippen molar-refractivity contribution in [2.45, 2.75) is 0 Å². The minimum absolute atomic E-state index is 0. The Labute approximate surface area is 76.7 Å². The number of hydrogen-bond donors (Lipinski definition) is 0. The molecule has 0 bridgehead atoms. The van der Waals surface area contributed by atoms with E-state index in [4.69, 9.17) is 0 Å². The molecule has 3 nitrogen and oxygen atoms in total. The van der Waals surface area contributed by atoms with Crippen LogP contribution in [0.5, 0.6) is 0 Å². The first-order valence-electron chi connectivity index (χ1n) is 3.23. The van der Waals surface area contributed by atoms with E-state index in [9.17, 15) is 14.3 Å². The molecule has 0 aliphatic carbocycles. The van der Waals surface area contributed by atoms with Gasteiger partial charge in [-0.15, -0.1) is 0 Å². The van der Waals surface area contributed by atoms with Gasteiger partial charge in [0.05, 0.1) is 0 Å². The number of hydrogen-bond acceptors (Lipinski definition) is 3. The van der Waals surface area contributed by atoms with Crippen LogP contribution in [0.4, 0.5) is 4.39 Å². The first-order chi connectivity index (χ1) is 4.74. The summed E-state index contributed by atoms with van der Waals surface area (Å²) in [4.78, 5) is 11.9. The zero-order valence-corrected chi connectivity index (χ0v) is 6.55. The number of carbonyl (C=O) groups is 1. The molecule has 1 fully saturated rings. The number of halogens is 1. The van der Waals surface area contributed by atoms with Crippen LogP contribution in [0.25, 0.3) is 0 Å². The number of carboxylic acids is 1. The Bertz CT molecular complexity index is 139. The molecule has 1 aliphatic rings. The van der Waals surface area contributed by atoms with Gasteiger partial charge in [0.15, 0.2) is 0 Å². The molecule has 0 amide bonds. The summed E-state index contributed by atoms with van der Waals surface area (Å²) in [7, 11) is 0. The fourth-order valence-corrected chi connectivity index (χ4v) is 1.02. The molecule has 1 rings (SSSR count). The summed E-state index contributed by atoms with van der Waals surface area (Å²) in [6.45, 7) is 0.849. The fourth-order valence-electron chi connectivity index (χ4n) is 1.02. The van der Waals surface area contributed by atoms with E-state index in [1.165, 1.54) is 0 Å². The smallest absolute Gasteiger partial charge is 0.550 e. The van der Waals surface area contributed by atoms with Crippen molar-refractivity contribution in [1.29, 1.82) is 0 Å². The minimum atomic E-state index is -1.02. The molecule has 0 saturated carbocycles. The van der Waals surface area contributed by atoms with Gasteiger partial charge in [0.1, 0.15) is 6.67 Å². The third-order valence-electron chi connectivity index (χ3n) is 1.69. The molecule has 0 radical (unpaired) electrons. The average Bonchev–Trinajstić information content (AvgIpc) is 1.76. The molecule has 0 aromatic rings. The van der Waals surface area contributed by atoms with Crippen molar-refractivity contribution < 1.29 is 33.2 Å². The van der Waals surface area contributed by atoms with Gasteiger partial charge in [-0.05, 0) is 0 Å². The molecule has 0 N–H and O–H groups in total. The van der Waals surface area contributed by atoms with E-state index in [-0.39, 0.29) is 24.8 Å². The molecule has 1 aliphatic heterocycles. The predicted molar refractivity (Wildman–Crippen MR) is 30.9 cm³/mol. The molecule has 1 heterocycles. The van der Waals surface area contributed by atoms with E-state index in [1.807, 2.05) is 0 Å². The zero-order valence-electron chi connectivity index (χ0n) is 6.55. The molecular formula is C6H9FLiNO2. The third-order valence-corrected chi connectivity index (χ3v) is 1.69. The third kappa shape index (κ3) is 2.82. The Hall–Kier alpha value is -0.0426. The van der Waals surface area contributed by atoms with Gasteiger partial charge >= 0.3 is 18.9 Å². The minimum Gasteiger partial charge on any atom is -0.550 e. The van der Waals surface area contributed by atoms with Crippen LogP contribution in [0.15, 0.2) is 0 Å². The molecule has 0 aromatic carbocycles. The molecule has 5 heteroatoms. The van der Waals surface area contributed by atoms with Crippen LogP contribution >= 0.6 is 0 Å². The first kappa shape index (κ1) is 11.0. The number of alkyl halides is 1. The Morgan fingerprint density at radius 3 is 2.55 bits per heavy atom. The second-order valence-corrected chi connectivity index (χ2v) is 2.46. The van der Waals surface area contributed by atoms with Crippen molar-refractivity contribution in [2.75, 3.05) is 26.3 Å². The molecule has 11 heavy (non-hydrogen) atoms. The van der Waals surface area contributed by atoms with Crippen LogP contribution in [-0.2, 0) is 4.79 Å². The van der Waals surface area contributed by atoms with Crippen LogP contribution in [0, 0.1) is 5.92 Å².